The molecule has 0 radical (unpaired) electrons. The summed E-state index contributed by atoms with van der Waals surface area (Å²) in [6.45, 7) is 2.99. The Morgan fingerprint density at radius 2 is 1.96 bits per heavy atom. The lowest BCUT2D eigenvalue weighted by atomic mass is 9.91. The van der Waals surface area contributed by atoms with Crippen LogP contribution in [0.4, 0.5) is 10.9 Å². The summed E-state index contributed by atoms with van der Waals surface area (Å²) in [6.07, 6.45) is 0.321. The van der Waals surface area contributed by atoms with Gasteiger partial charge in [-0.15, -0.1) is 0 Å². The van der Waals surface area contributed by atoms with Crippen LogP contribution in [0.3, 0.4) is 0 Å². The summed E-state index contributed by atoms with van der Waals surface area (Å²) in [4.78, 5) is 20.0. The van der Waals surface area contributed by atoms with E-state index in [0.717, 1.165) is 28.7 Å². The number of nitrogens with one attached hydrogen (secondary N) is 1. The van der Waals surface area contributed by atoms with E-state index in [2.05, 4.69) is 15.2 Å². The van der Waals surface area contributed by atoms with Crippen LogP contribution in [0.15, 0.2) is 18.2 Å². The van der Waals surface area contributed by atoms with Gasteiger partial charge in [-0.25, -0.2) is 4.98 Å². The van der Waals surface area contributed by atoms with Crippen LogP contribution >= 0.6 is 34.5 Å². The number of aromatic nitrogens is 1. The van der Waals surface area contributed by atoms with E-state index in [1.54, 1.807) is 23.5 Å². The third kappa shape index (κ3) is 2.88. The second kappa shape index (κ2) is 6.52. The van der Waals surface area contributed by atoms with Crippen LogP contribution in [0.1, 0.15) is 22.8 Å². The van der Waals surface area contributed by atoms with Gasteiger partial charge in [0.1, 0.15) is 5.82 Å². The smallest absolute Gasteiger partial charge is 0.226 e. The van der Waals surface area contributed by atoms with Crippen molar-refractivity contribution in [3.63, 3.8) is 0 Å². The van der Waals surface area contributed by atoms with Gasteiger partial charge < -0.3 is 15.0 Å². The number of halogens is 2. The minimum absolute atomic E-state index is 0.0673. The van der Waals surface area contributed by atoms with Gasteiger partial charge in [-0.2, -0.15) is 0 Å². The molecule has 1 amide bonds. The fourth-order valence-corrected chi connectivity index (χ4v) is 4.92. The van der Waals surface area contributed by atoms with Gasteiger partial charge in [-0.05, 0) is 17.7 Å². The standard InChI is InChI=1S/C16H15Cl2N3O2S/c17-10-2-1-3-11(18)13(10)9-8-12(22)19-15-14(9)24-16(20-15)21-4-6-23-7-5-21/h1-3,9H,4-8H2,(H,19,22). The maximum atomic E-state index is 12.2. The molecule has 1 N–H and O–H groups in total. The summed E-state index contributed by atoms with van der Waals surface area (Å²) in [5, 5.41) is 4.93. The SMILES string of the molecule is O=C1CC(c2c(Cl)cccc2Cl)c2sc(N3CCOCC3)nc2N1. The molecule has 1 fully saturated rings. The second-order valence-corrected chi connectivity index (χ2v) is 7.57. The molecule has 0 saturated carbocycles. The normalized spacial score (nSPS) is 20.7. The van der Waals surface area contributed by atoms with Gasteiger partial charge in [0.05, 0.1) is 18.1 Å². The van der Waals surface area contributed by atoms with Crippen LogP contribution in [-0.2, 0) is 9.53 Å². The zero-order chi connectivity index (χ0) is 16.7. The van der Waals surface area contributed by atoms with Crippen LogP contribution in [0.25, 0.3) is 0 Å². The second-order valence-electron chi connectivity index (χ2n) is 5.75. The average Bonchev–Trinajstić information content (AvgIpc) is 2.99. The molecule has 126 valence electrons. The molecular formula is C16H15Cl2N3O2S. The molecule has 4 rings (SSSR count). The van der Waals surface area contributed by atoms with Crippen molar-refractivity contribution < 1.29 is 9.53 Å². The molecule has 24 heavy (non-hydrogen) atoms. The largest absolute Gasteiger partial charge is 0.378 e. The van der Waals surface area contributed by atoms with E-state index in [4.69, 9.17) is 27.9 Å². The molecule has 1 aromatic carbocycles. The quantitative estimate of drug-likeness (QED) is 0.857. The van der Waals surface area contributed by atoms with Gasteiger partial charge in [-0.3, -0.25) is 4.79 Å². The van der Waals surface area contributed by atoms with Crippen molar-refractivity contribution in [1.29, 1.82) is 0 Å². The lowest BCUT2D eigenvalue weighted by Crippen LogP contribution is -2.36. The Kier molecular flexibility index (Phi) is 4.39. The summed E-state index contributed by atoms with van der Waals surface area (Å²) < 4.78 is 5.39. The summed E-state index contributed by atoms with van der Waals surface area (Å²) >= 11 is 14.3. The number of nitrogens with zero attached hydrogens (tertiary/aromatic N) is 2. The third-order valence-electron chi connectivity index (χ3n) is 4.24. The number of morpholine rings is 1. The Balaban J connectivity index is 1.76. The maximum Gasteiger partial charge on any atom is 0.226 e. The van der Waals surface area contributed by atoms with E-state index >= 15 is 0 Å². The van der Waals surface area contributed by atoms with Crippen molar-refractivity contribution in [2.24, 2.45) is 0 Å². The van der Waals surface area contributed by atoms with Crippen molar-refractivity contribution in [1.82, 2.24) is 4.98 Å². The zero-order valence-electron chi connectivity index (χ0n) is 12.7. The van der Waals surface area contributed by atoms with Crippen LogP contribution < -0.4 is 10.2 Å². The highest BCUT2D eigenvalue weighted by Crippen LogP contribution is 2.46. The molecule has 2 aliphatic rings. The van der Waals surface area contributed by atoms with E-state index < -0.39 is 0 Å². The van der Waals surface area contributed by atoms with Crippen LogP contribution in [0, 0.1) is 0 Å². The van der Waals surface area contributed by atoms with E-state index in [0.29, 0.717) is 35.5 Å². The highest BCUT2D eigenvalue weighted by molar-refractivity contribution is 7.16. The first-order chi connectivity index (χ1) is 11.6. The molecule has 5 nitrogen and oxygen atoms in total. The number of carbonyl (C=O) groups excluding carboxylic acids is 1. The van der Waals surface area contributed by atoms with Gasteiger partial charge in [0.15, 0.2) is 5.13 Å². The lowest BCUT2D eigenvalue weighted by molar-refractivity contribution is -0.116. The topological polar surface area (TPSA) is 54.5 Å². The van der Waals surface area contributed by atoms with Gasteiger partial charge in [0, 0.05) is 35.5 Å². The maximum absolute atomic E-state index is 12.2. The molecule has 0 aliphatic carbocycles. The number of carbonyl (C=O) groups is 1. The molecular weight excluding hydrogens is 369 g/mol. The first kappa shape index (κ1) is 16.1. The van der Waals surface area contributed by atoms with Gasteiger partial charge in [0.25, 0.3) is 0 Å². The molecule has 2 aliphatic heterocycles. The Morgan fingerprint density at radius 1 is 1.25 bits per heavy atom. The van der Waals surface area contributed by atoms with Gasteiger partial charge in [-0.1, -0.05) is 40.6 Å². The minimum Gasteiger partial charge on any atom is -0.378 e. The van der Waals surface area contributed by atoms with Crippen molar-refractivity contribution >= 4 is 51.4 Å². The summed E-state index contributed by atoms with van der Waals surface area (Å²) in [6, 6.07) is 5.42. The van der Waals surface area contributed by atoms with Crippen molar-refractivity contribution in [3.8, 4) is 0 Å². The van der Waals surface area contributed by atoms with E-state index in [1.165, 1.54) is 0 Å². The monoisotopic (exact) mass is 383 g/mol. The number of anilines is 2. The van der Waals surface area contributed by atoms with E-state index in [1.807, 2.05) is 6.07 Å². The number of benzene rings is 1. The van der Waals surface area contributed by atoms with Crippen molar-refractivity contribution in [2.75, 3.05) is 36.5 Å². The lowest BCUT2D eigenvalue weighted by Gasteiger charge is -2.26. The fourth-order valence-electron chi connectivity index (χ4n) is 3.07. The highest BCUT2D eigenvalue weighted by atomic mass is 35.5. The fraction of sp³-hybridized carbons (Fsp3) is 0.375. The van der Waals surface area contributed by atoms with E-state index in [9.17, 15) is 4.79 Å². The van der Waals surface area contributed by atoms with Crippen LogP contribution in [0.5, 0.6) is 0 Å². The number of hydrogen-bond acceptors (Lipinski definition) is 5. The molecule has 8 heteroatoms. The Morgan fingerprint density at radius 3 is 2.67 bits per heavy atom. The number of thiazole rings is 1. The molecule has 3 heterocycles. The van der Waals surface area contributed by atoms with E-state index in [-0.39, 0.29) is 11.8 Å². The molecule has 2 aromatic rings. The molecule has 0 bridgehead atoms. The predicted octanol–water partition coefficient (Wildman–Crippen LogP) is 3.76. The van der Waals surface area contributed by atoms with Crippen molar-refractivity contribution in [3.05, 3.63) is 38.7 Å². The first-order valence-corrected chi connectivity index (χ1v) is 9.28. The zero-order valence-corrected chi connectivity index (χ0v) is 15.0. The minimum atomic E-state index is -0.165. The van der Waals surface area contributed by atoms with Gasteiger partial charge in [0.2, 0.25) is 5.91 Å². The van der Waals surface area contributed by atoms with Crippen LogP contribution in [-0.4, -0.2) is 37.2 Å². The molecule has 0 spiro atoms. The predicted molar refractivity (Wildman–Crippen MR) is 96.7 cm³/mol. The number of amides is 1. The molecule has 1 unspecified atom stereocenters. The Bertz CT molecular complexity index is 769. The van der Waals surface area contributed by atoms with Gasteiger partial charge >= 0.3 is 0 Å². The highest BCUT2D eigenvalue weighted by Gasteiger charge is 2.33. The Hall–Kier alpha value is -1.34. The molecule has 1 aromatic heterocycles. The van der Waals surface area contributed by atoms with Crippen molar-refractivity contribution in [2.45, 2.75) is 12.3 Å². The summed E-state index contributed by atoms with van der Waals surface area (Å²) in [5.74, 6) is 0.392. The number of rotatable bonds is 2. The number of ether oxygens (including phenoxy) is 1. The number of hydrogen-bond donors (Lipinski definition) is 1. The average molecular weight is 384 g/mol. The summed E-state index contributed by atoms with van der Waals surface area (Å²) in [7, 11) is 0. The molecule has 1 saturated heterocycles. The molecule has 1 atom stereocenters. The Labute approximate surface area is 153 Å². The summed E-state index contributed by atoms with van der Waals surface area (Å²) in [5.41, 5.74) is 0.800. The van der Waals surface area contributed by atoms with Crippen LogP contribution in [0.2, 0.25) is 10.0 Å². The first-order valence-electron chi connectivity index (χ1n) is 7.70. The third-order valence-corrected chi connectivity index (χ3v) is 6.12. The number of fused-ring (bicyclic) bond motifs is 1.